The Morgan fingerprint density at radius 2 is 1.24 bits per heavy atom. The highest BCUT2D eigenvalue weighted by Gasteiger charge is 2.13. The molecule has 0 aliphatic heterocycles. The van der Waals surface area contributed by atoms with Crippen molar-refractivity contribution in [2.45, 2.75) is 26.2 Å². The van der Waals surface area contributed by atoms with Crippen LogP contribution in [0.4, 0.5) is 0 Å². The van der Waals surface area contributed by atoms with Crippen molar-refractivity contribution < 1.29 is 0 Å². The van der Waals surface area contributed by atoms with Crippen LogP contribution in [0, 0.1) is 36.5 Å². The van der Waals surface area contributed by atoms with E-state index in [4.69, 9.17) is 16.9 Å². The third-order valence-electron chi connectivity index (χ3n) is 4.06. The molecule has 0 bridgehead atoms. The van der Waals surface area contributed by atoms with E-state index in [1.54, 1.807) is 61.7 Å². The molecule has 0 radical (unpaired) electrons. The van der Waals surface area contributed by atoms with Gasteiger partial charge in [-0.1, -0.05) is 11.6 Å². The number of nitrogens with zero attached hydrogens (tertiary/aromatic N) is 8. The van der Waals surface area contributed by atoms with Crippen LogP contribution in [0.5, 0.6) is 0 Å². The van der Waals surface area contributed by atoms with Gasteiger partial charge >= 0.3 is 0 Å². The Kier molecular flexibility index (Phi) is 13.0. The number of pyridine rings is 2. The fourth-order valence-corrected chi connectivity index (χ4v) is 2.50. The molecule has 0 fully saturated rings. The summed E-state index contributed by atoms with van der Waals surface area (Å²) in [7, 11) is 0. The summed E-state index contributed by atoms with van der Waals surface area (Å²) in [6, 6.07) is 11.4. The maximum Gasteiger partial charge on any atom is 0.125 e. The van der Waals surface area contributed by atoms with Crippen molar-refractivity contribution in [3.05, 3.63) is 107 Å². The van der Waals surface area contributed by atoms with E-state index in [1.165, 1.54) is 0 Å². The minimum atomic E-state index is -0.330. The highest BCUT2D eigenvalue weighted by molar-refractivity contribution is 6.30. The molecular weight excluding hydrogens is 471 g/mol. The Morgan fingerprint density at radius 3 is 1.65 bits per heavy atom. The average molecular weight is 493 g/mol. The molecule has 0 aliphatic rings. The second-order valence-corrected chi connectivity index (χ2v) is 6.98. The van der Waals surface area contributed by atoms with Crippen LogP contribution >= 0.6 is 24.0 Å². The minimum Gasteiger partial charge on any atom is -0.265 e. The molecule has 8 nitrogen and oxygen atoms in total. The maximum atomic E-state index is 9.18. The highest BCUT2D eigenvalue weighted by atomic mass is 35.5. The van der Waals surface area contributed by atoms with Crippen molar-refractivity contribution in [2.75, 3.05) is 0 Å². The monoisotopic (exact) mass is 492 g/mol. The van der Waals surface area contributed by atoms with Crippen molar-refractivity contribution in [3.63, 3.8) is 0 Å². The lowest BCUT2D eigenvalue weighted by molar-refractivity contribution is 0.951. The molecule has 0 saturated heterocycles. The Balaban J connectivity index is 0.000000275. The summed E-state index contributed by atoms with van der Waals surface area (Å²) >= 11 is 5.50. The first kappa shape index (κ1) is 28.1. The standard InChI is InChI=1S/C12H10N4.C7H7N3.C5H4ClN.ClH/c1-9-15-7-11(8-16-9)12(6-13)10-2-4-14-5-3-10;1-6-9-4-7(2-3-8)5-10-6;6-5-1-3-7-4-2-5;/h2-5,7-8,12H,1H3;4-5H,2H2,1H3;1-4H;1H. The summed E-state index contributed by atoms with van der Waals surface area (Å²) in [4.78, 5) is 23.8. The number of hydrogen-bond acceptors (Lipinski definition) is 8. The van der Waals surface area contributed by atoms with Crippen molar-refractivity contribution >= 4 is 24.0 Å². The first-order valence-corrected chi connectivity index (χ1v) is 10.2. The van der Waals surface area contributed by atoms with Gasteiger partial charge in [-0.15, -0.1) is 12.4 Å². The Hall–Kier alpha value is -3.98. The van der Waals surface area contributed by atoms with E-state index in [1.807, 2.05) is 32.0 Å². The van der Waals surface area contributed by atoms with Crippen LogP contribution in [0.3, 0.4) is 0 Å². The molecule has 0 spiro atoms. The zero-order chi connectivity index (χ0) is 23.9. The van der Waals surface area contributed by atoms with Crippen LogP contribution in [-0.2, 0) is 6.42 Å². The van der Waals surface area contributed by atoms with Crippen molar-refractivity contribution in [3.8, 4) is 12.1 Å². The molecule has 1 atom stereocenters. The van der Waals surface area contributed by atoms with Crippen LogP contribution in [0.25, 0.3) is 0 Å². The van der Waals surface area contributed by atoms with Gasteiger partial charge in [0, 0.05) is 65.7 Å². The fourth-order valence-electron chi connectivity index (χ4n) is 2.38. The lowest BCUT2D eigenvalue weighted by Crippen LogP contribution is -2.00. The summed E-state index contributed by atoms with van der Waals surface area (Å²) in [6.07, 6.45) is 13.8. The van der Waals surface area contributed by atoms with E-state index in [-0.39, 0.29) is 18.3 Å². The van der Waals surface area contributed by atoms with E-state index < -0.39 is 0 Å². The second kappa shape index (κ2) is 15.8. The molecule has 4 aromatic heterocycles. The number of hydrogen-bond donors (Lipinski definition) is 0. The summed E-state index contributed by atoms with van der Waals surface area (Å²) in [5.41, 5.74) is 2.58. The molecule has 4 aromatic rings. The SMILES string of the molecule is Cc1ncc(C(C#N)c2ccncc2)cn1.Cc1ncc(CC#N)cn1.Cl.Clc1ccncc1. The van der Waals surface area contributed by atoms with Gasteiger partial charge in [-0.2, -0.15) is 10.5 Å². The number of rotatable bonds is 3. The van der Waals surface area contributed by atoms with E-state index >= 15 is 0 Å². The zero-order valence-corrected chi connectivity index (χ0v) is 20.1. The van der Waals surface area contributed by atoms with Crippen molar-refractivity contribution in [1.82, 2.24) is 29.9 Å². The highest BCUT2D eigenvalue weighted by Crippen LogP contribution is 2.21. The average Bonchev–Trinajstić information content (AvgIpc) is 2.84. The fraction of sp³-hybridized carbons (Fsp3) is 0.167. The molecule has 4 heterocycles. The smallest absolute Gasteiger partial charge is 0.125 e. The van der Waals surface area contributed by atoms with E-state index in [0.717, 1.165) is 27.5 Å². The van der Waals surface area contributed by atoms with Gasteiger partial charge in [0.05, 0.1) is 24.5 Å². The molecule has 4 rings (SSSR count). The van der Waals surface area contributed by atoms with Gasteiger partial charge in [-0.25, -0.2) is 19.9 Å². The molecular formula is C24H22Cl2N8. The van der Waals surface area contributed by atoms with Gasteiger partial charge in [0.25, 0.3) is 0 Å². The third-order valence-corrected chi connectivity index (χ3v) is 4.31. The van der Waals surface area contributed by atoms with E-state index in [2.05, 4.69) is 36.0 Å². The first-order chi connectivity index (χ1) is 16.0. The van der Waals surface area contributed by atoms with Gasteiger partial charge in [0.1, 0.15) is 11.6 Å². The number of nitriles is 2. The van der Waals surface area contributed by atoms with E-state index in [0.29, 0.717) is 12.2 Å². The van der Waals surface area contributed by atoms with Crippen molar-refractivity contribution in [1.29, 1.82) is 10.5 Å². The molecule has 0 N–H and O–H groups in total. The van der Waals surface area contributed by atoms with Crippen LogP contribution in [0.1, 0.15) is 34.3 Å². The normalized spacial score (nSPS) is 9.91. The van der Waals surface area contributed by atoms with Gasteiger partial charge in [0.15, 0.2) is 0 Å². The zero-order valence-electron chi connectivity index (χ0n) is 18.6. The summed E-state index contributed by atoms with van der Waals surface area (Å²) < 4.78 is 0. The minimum absolute atomic E-state index is 0. The molecule has 1 unspecified atom stereocenters. The van der Waals surface area contributed by atoms with Crippen LogP contribution in [-0.4, -0.2) is 29.9 Å². The summed E-state index contributed by atoms with van der Waals surface area (Å²) in [6.45, 7) is 3.63. The predicted molar refractivity (Wildman–Crippen MR) is 131 cm³/mol. The molecule has 10 heteroatoms. The van der Waals surface area contributed by atoms with E-state index in [9.17, 15) is 5.26 Å². The molecule has 172 valence electrons. The predicted octanol–water partition coefficient (Wildman–Crippen LogP) is 4.84. The maximum absolute atomic E-state index is 9.18. The molecule has 0 aromatic carbocycles. The molecule has 0 aliphatic carbocycles. The van der Waals surface area contributed by atoms with Gasteiger partial charge < -0.3 is 0 Å². The Labute approximate surface area is 209 Å². The van der Waals surface area contributed by atoms with Crippen molar-refractivity contribution in [2.24, 2.45) is 0 Å². The van der Waals surface area contributed by atoms with Gasteiger partial charge in [-0.05, 0) is 43.7 Å². The van der Waals surface area contributed by atoms with Gasteiger partial charge in [-0.3, -0.25) is 9.97 Å². The van der Waals surface area contributed by atoms with Gasteiger partial charge in [0.2, 0.25) is 0 Å². The molecule has 34 heavy (non-hydrogen) atoms. The van der Waals surface area contributed by atoms with Crippen LogP contribution in [0.15, 0.2) is 73.8 Å². The second-order valence-electron chi connectivity index (χ2n) is 6.55. The largest absolute Gasteiger partial charge is 0.265 e. The Morgan fingerprint density at radius 1 is 0.765 bits per heavy atom. The quantitative estimate of drug-likeness (QED) is 0.397. The lowest BCUT2D eigenvalue weighted by atomic mass is 9.96. The first-order valence-electron chi connectivity index (χ1n) is 9.81. The third kappa shape index (κ3) is 10.1. The van der Waals surface area contributed by atoms with Crippen LogP contribution in [0.2, 0.25) is 5.02 Å². The Bertz CT molecular complexity index is 1170. The topological polar surface area (TPSA) is 125 Å². The van der Waals surface area contributed by atoms with Crippen LogP contribution < -0.4 is 0 Å². The number of aryl methyl sites for hydroxylation is 2. The lowest BCUT2D eigenvalue weighted by Gasteiger charge is -2.08. The molecule has 0 saturated carbocycles. The summed E-state index contributed by atoms with van der Waals surface area (Å²) in [5.74, 6) is 1.11. The number of aromatic nitrogens is 6. The number of halogens is 2. The summed E-state index contributed by atoms with van der Waals surface area (Å²) in [5, 5.41) is 18.2. The molecule has 0 amide bonds.